The van der Waals surface area contributed by atoms with Crippen LogP contribution in [0.15, 0.2) is 12.1 Å². The highest BCUT2D eigenvalue weighted by Crippen LogP contribution is 2.50. The summed E-state index contributed by atoms with van der Waals surface area (Å²) in [7, 11) is 1.75. The molecule has 0 unspecified atom stereocenters. The Morgan fingerprint density at radius 1 is 1.48 bits per heavy atom. The summed E-state index contributed by atoms with van der Waals surface area (Å²) < 4.78 is 10.8. The van der Waals surface area contributed by atoms with Crippen LogP contribution < -0.4 is 15.4 Å². The van der Waals surface area contributed by atoms with Crippen molar-refractivity contribution in [1.29, 1.82) is 0 Å². The van der Waals surface area contributed by atoms with Crippen molar-refractivity contribution in [2.75, 3.05) is 38.3 Å². The average molecular weight is 322 g/mol. The van der Waals surface area contributed by atoms with Gasteiger partial charge >= 0.3 is 5.69 Å². The van der Waals surface area contributed by atoms with Crippen LogP contribution in [0.3, 0.4) is 0 Å². The first-order valence-corrected chi connectivity index (χ1v) is 7.83. The van der Waals surface area contributed by atoms with Crippen molar-refractivity contribution in [2.45, 2.75) is 25.4 Å². The molecule has 1 spiro atoms. The van der Waals surface area contributed by atoms with Crippen molar-refractivity contribution in [3.05, 3.63) is 22.2 Å². The molecule has 0 amide bonds. The molecule has 0 bridgehead atoms. The summed E-state index contributed by atoms with van der Waals surface area (Å²) in [6, 6.07) is 3.15. The largest absolute Gasteiger partial charge is 0.473 e. The fourth-order valence-electron chi connectivity index (χ4n) is 3.35. The van der Waals surface area contributed by atoms with Gasteiger partial charge in [-0.05, 0) is 31.9 Å². The van der Waals surface area contributed by atoms with Gasteiger partial charge in [0.1, 0.15) is 5.82 Å². The summed E-state index contributed by atoms with van der Waals surface area (Å²) >= 11 is 0. The van der Waals surface area contributed by atoms with Gasteiger partial charge in [0, 0.05) is 31.7 Å². The molecule has 2 fully saturated rings. The minimum Gasteiger partial charge on any atom is -0.473 e. The number of hydrogen-bond donors (Lipinski definition) is 1. The van der Waals surface area contributed by atoms with E-state index in [0.717, 1.165) is 31.7 Å². The van der Waals surface area contributed by atoms with Crippen LogP contribution in [0, 0.1) is 15.5 Å². The standard InChI is InChI=1S/C15H22N4O4/c1-22-11-7-15(8-11)9-18(10-15)13-4-3-12(19(20)21)14(17-13)23-6-2-5-16/h3-4,11H,2,5-10,16H2,1H3. The maximum absolute atomic E-state index is 11.1. The van der Waals surface area contributed by atoms with Crippen LogP contribution in [0.25, 0.3) is 0 Å². The highest BCUT2D eigenvalue weighted by Gasteiger charge is 2.53. The van der Waals surface area contributed by atoms with Gasteiger partial charge in [-0.25, -0.2) is 0 Å². The molecule has 1 saturated carbocycles. The summed E-state index contributed by atoms with van der Waals surface area (Å²) in [4.78, 5) is 17.1. The van der Waals surface area contributed by atoms with Crippen LogP contribution in [0.2, 0.25) is 0 Å². The van der Waals surface area contributed by atoms with E-state index >= 15 is 0 Å². The van der Waals surface area contributed by atoms with E-state index in [9.17, 15) is 10.1 Å². The van der Waals surface area contributed by atoms with E-state index in [1.807, 2.05) is 0 Å². The van der Waals surface area contributed by atoms with Crippen LogP contribution in [0.5, 0.6) is 5.88 Å². The number of rotatable bonds is 7. The van der Waals surface area contributed by atoms with E-state index < -0.39 is 4.92 Å². The normalized spacial score (nSPS) is 19.3. The number of anilines is 1. The molecule has 1 saturated heterocycles. The van der Waals surface area contributed by atoms with Gasteiger partial charge in [-0.1, -0.05) is 0 Å². The molecule has 2 aliphatic rings. The van der Waals surface area contributed by atoms with Crippen molar-refractivity contribution in [1.82, 2.24) is 4.98 Å². The first kappa shape index (κ1) is 15.9. The number of hydrogen-bond acceptors (Lipinski definition) is 7. The number of ether oxygens (including phenoxy) is 2. The molecule has 126 valence electrons. The van der Waals surface area contributed by atoms with Gasteiger partial charge < -0.3 is 20.1 Å². The van der Waals surface area contributed by atoms with E-state index in [1.54, 1.807) is 13.2 Å². The molecule has 8 nitrogen and oxygen atoms in total. The van der Waals surface area contributed by atoms with Crippen molar-refractivity contribution >= 4 is 11.5 Å². The number of pyridine rings is 1. The second-order valence-electron chi connectivity index (χ2n) is 6.36. The van der Waals surface area contributed by atoms with Crippen LogP contribution in [0.1, 0.15) is 19.3 Å². The summed E-state index contributed by atoms with van der Waals surface area (Å²) in [6.07, 6.45) is 3.16. The van der Waals surface area contributed by atoms with E-state index in [-0.39, 0.29) is 11.6 Å². The smallest absolute Gasteiger partial charge is 0.331 e. The van der Waals surface area contributed by atoms with Gasteiger partial charge in [0.15, 0.2) is 0 Å². The Morgan fingerprint density at radius 2 is 2.22 bits per heavy atom. The molecule has 0 radical (unpaired) electrons. The second-order valence-corrected chi connectivity index (χ2v) is 6.36. The molecule has 1 aliphatic heterocycles. The number of nitrogens with two attached hydrogens (primary N) is 1. The Bertz CT molecular complexity index is 581. The van der Waals surface area contributed by atoms with Crippen LogP contribution in [0.4, 0.5) is 11.5 Å². The fourth-order valence-corrected chi connectivity index (χ4v) is 3.35. The Balaban J connectivity index is 1.66. The first-order valence-electron chi connectivity index (χ1n) is 7.83. The summed E-state index contributed by atoms with van der Waals surface area (Å²) in [5, 5.41) is 11.1. The zero-order valence-corrected chi connectivity index (χ0v) is 13.2. The lowest BCUT2D eigenvalue weighted by molar-refractivity contribution is -0.386. The van der Waals surface area contributed by atoms with Crippen molar-refractivity contribution < 1.29 is 14.4 Å². The first-order chi connectivity index (χ1) is 11.1. The molecule has 0 aromatic carbocycles. The fraction of sp³-hybridized carbons (Fsp3) is 0.667. The van der Waals surface area contributed by atoms with Gasteiger partial charge in [-0.15, -0.1) is 0 Å². The molecule has 2 heterocycles. The third-order valence-corrected chi connectivity index (χ3v) is 4.64. The molecule has 1 aromatic rings. The van der Waals surface area contributed by atoms with Gasteiger partial charge in [-0.2, -0.15) is 4.98 Å². The summed E-state index contributed by atoms with van der Waals surface area (Å²) in [5.41, 5.74) is 5.65. The van der Waals surface area contributed by atoms with Crippen molar-refractivity contribution in [2.24, 2.45) is 11.1 Å². The predicted molar refractivity (Wildman–Crippen MR) is 84.7 cm³/mol. The minimum absolute atomic E-state index is 0.0743. The summed E-state index contributed by atoms with van der Waals surface area (Å²) in [5.74, 6) is 0.801. The minimum atomic E-state index is -0.471. The van der Waals surface area contributed by atoms with Crippen LogP contribution >= 0.6 is 0 Å². The van der Waals surface area contributed by atoms with Crippen LogP contribution in [-0.4, -0.2) is 49.4 Å². The highest BCUT2D eigenvalue weighted by atomic mass is 16.6. The number of aromatic nitrogens is 1. The molecule has 1 aliphatic carbocycles. The summed E-state index contributed by atoms with van der Waals surface area (Å²) in [6.45, 7) is 2.63. The van der Waals surface area contributed by atoms with Gasteiger partial charge in [-0.3, -0.25) is 10.1 Å². The number of nitro groups is 1. The molecule has 8 heteroatoms. The molecule has 1 aromatic heterocycles. The SMILES string of the molecule is COC1CC2(C1)CN(c1ccc([N+](=O)[O-])c(OCCCN)n1)C2. The van der Waals surface area contributed by atoms with Gasteiger partial charge in [0.05, 0.1) is 17.6 Å². The van der Waals surface area contributed by atoms with E-state index in [2.05, 4.69) is 9.88 Å². The lowest BCUT2D eigenvalue weighted by Gasteiger charge is -2.58. The maximum atomic E-state index is 11.1. The quantitative estimate of drug-likeness (QED) is 0.459. The van der Waals surface area contributed by atoms with Crippen LogP contribution in [-0.2, 0) is 4.74 Å². The molecule has 0 atom stereocenters. The van der Waals surface area contributed by atoms with Crippen molar-refractivity contribution in [3.8, 4) is 5.88 Å². The Hall–Kier alpha value is -1.93. The topological polar surface area (TPSA) is 104 Å². The van der Waals surface area contributed by atoms with E-state index in [0.29, 0.717) is 31.1 Å². The zero-order chi connectivity index (χ0) is 16.4. The Labute approximate surface area is 134 Å². The predicted octanol–water partition coefficient (Wildman–Crippen LogP) is 1.33. The third-order valence-electron chi connectivity index (χ3n) is 4.64. The number of nitrogens with zero attached hydrogens (tertiary/aromatic N) is 3. The monoisotopic (exact) mass is 322 g/mol. The zero-order valence-electron chi connectivity index (χ0n) is 13.2. The maximum Gasteiger partial charge on any atom is 0.331 e. The average Bonchev–Trinajstić information content (AvgIpc) is 2.45. The molecular formula is C15H22N4O4. The molecular weight excluding hydrogens is 300 g/mol. The van der Waals surface area contributed by atoms with E-state index in [4.69, 9.17) is 15.2 Å². The Morgan fingerprint density at radius 3 is 2.83 bits per heavy atom. The molecule has 3 rings (SSSR count). The lowest BCUT2D eigenvalue weighted by Crippen LogP contribution is -2.64. The third kappa shape index (κ3) is 3.09. The lowest BCUT2D eigenvalue weighted by atomic mass is 9.62. The Kier molecular flexibility index (Phi) is 4.36. The van der Waals surface area contributed by atoms with Gasteiger partial charge in [0.25, 0.3) is 5.88 Å². The highest BCUT2D eigenvalue weighted by molar-refractivity contribution is 5.52. The van der Waals surface area contributed by atoms with Gasteiger partial charge in [0.2, 0.25) is 0 Å². The molecule has 2 N–H and O–H groups in total. The van der Waals surface area contributed by atoms with Crippen molar-refractivity contribution in [3.63, 3.8) is 0 Å². The second kappa shape index (κ2) is 6.29. The molecule has 23 heavy (non-hydrogen) atoms. The van der Waals surface area contributed by atoms with E-state index in [1.165, 1.54) is 6.07 Å². The number of methoxy groups -OCH3 is 1.